The van der Waals surface area contributed by atoms with Gasteiger partial charge in [-0.05, 0) is 83.4 Å². The SMILES string of the molecule is Cc1cc(C)cc(N2c3cc(-c4ccccc4)ccc3B3c4c2cc2c(oc5ccccc52)c4-c2cccc4c5ccccc5n3c24)c1. The molecule has 0 spiro atoms. The number of rotatable bonds is 2. The summed E-state index contributed by atoms with van der Waals surface area (Å²) in [7, 11) is 0. The number of aromatic nitrogens is 1. The van der Waals surface area contributed by atoms with Crippen LogP contribution in [-0.4, -0.2) is 11.3 Å². The Balaban J connectivity index is 1.36. The lowest BCUT2D eigenvalue weighted by molar-refractivity contribution is 0.670. The number of furan rings is 1. The van der Waals surface area contributed by atoms with Crippen LogP contribution in [0.5, 0.6) is 0 Å². The van der Waals surface area contributed by atoms with E-state index in [2.05, 4.69) is 163 Å². The van der Waals surface area contributed by atoms with Crippen molar-refractivity contribution in [2.75, 3.05) is 4.90 Å². The van der Waals surface area contributed by atoms with E-state index >= 15 is 0 Å². The normalized spacial score (nSPS) is 13.1. The lowest BCUT2D eigenvalue weighted by Gasteiger charge is -2.41. The number of hydrogen-bond acceptors (Lipinski definition) is 2. The van der Waals surface area contributed by atoms with E-state index < -0.39 is 0 Å². The van der Waals surface area contributed by atoms with Crippen LogP contribution in [0, 0.1) is 13.8 Å². The minimum Gasteiger partial charge on any atom is -0.455 e. The van der Waals surface area contributed by atoms with Crippen LogP contribution in [0.15, 0.2) is 144 Å². The molecule has 2 aliphatic rings. The van der Waals surface area contributed by atoms with Gasteiger partial charge in [-0.25, -0.2) is 0 Å². The second kappa shape index (κ2) is 9.30. The summed E-state index contributed by atoms with van der Waals surface area (Å²) in [4.78, 5) is 2.52. The zero-order valence-electron chi connectivity index (χ0n) is 26.7. The van der Waals surface area contributed by atoms with Crippen molar-refractivity contribution >= 4 is 78.6 Å². The van der Waals surface area contributed by atoms with Crippen molar-refractivity contribution in [2.24, 2.45) is 0 Å². The molecule has 4 heteroatoms. The summed E-state index contributed by atoms with van der Waals surface area (Å²) in [6.07, 6.45) is 0. The van der Waals surface area contributed by atoms with Crippen LogP contribution in [-0.2, 0) is 0 Å². The van der Waals surface area contributed by atoms with Gasteiger partial charge in [-0.3, -0.25) is 0 Å². The monoisotopic (exact) mass is 612 g/mol. The molecule has 9 aromatic rings. The van der Waals surface area contributed by atoms with E-state index in [1.807, 2.05) is 0 Å². The number of para-hydroxylation sites is 3. The van der Waals surface area contributed by atoms with Gasteiger partial charge in [-0.1, -0.05) is 103 Å². The number of hydrogen-bond donors (Lipinski definition) is 0. The van der Waals surface area contributed by atoms with Crippen LogP contribution in [0.1, 0.15) is 11.1 Å². The summed E-state index contributed by atoms with van der Waals surface area (Å²) in [5.41, 5.74) is 17.9. The quantitative estimate of drug-likeness (QED) is 0.181. The van der Waals surface area contributed by atoms with Crippen LogP contribution in [0.3, 0.4) is 0 Å². The van der Waals surface area contributed by atoms with Gasteiger partial charge in [0.15, 0.2) is 0 Å². The highest BCUT2D eigenvalue weighted by molar-refractivity contribution is 6.90. The number of benzene rings is 7. The van der Waals surface area contributed by atoms with Crippen molar-refractivity contribution in [1.29, 1.82) is 0 Å². The van der Waals surface area contributed by atoms with Gasteiger partial charge in [0.1, 0.15) is 11.2 Å². The third-order valence-corrected chi connectivity index (χ3v) is 10.6. The molecule has 0 radical (unpaired) electrons. The molecule has 4 heterocycles. The highest BCUT2D eigenvalue weighted by Crippen LogP contribution is 2.49. The highest BCUT2D eigenvalue weighted by Gasteiger charge is 2.44. The summed E-state index contributed by atoms with van der Waals surface area (Å²) >= 11 is 0. The molecule has 7 aromatic carbocycles. The number of nitrogens with zero attached hydrogens (tertiary/aromatic N) is 2. The summed E-state index contributed by atoms with van der Waals surface area (Å²) in [6.45, 7) is 4.36. The number of anilines is 3. The first-order valence-electron chi connectivity index (χ1n) is 16.7. The molecule has 0 unspecified atom stereocenters. The highest BCUT2D eigenvalue weighted by atomic mass is 16.3. The first-order valence-corrected chi connectivity index (χ1v) is 16.7. The van der Waals surface area contributed by atoms with Gasteiger partial charge in [0.2, 0.25) is 0 Å². The van der Waals surface area contributed by atoms with E-state index in [1.54, 1.807) is 0 Å². The van der Waals surface area contributed by atoms with Gasteiger partial charge in [-0.2, -0.15) is 0 Å². The molecular formula is C44H29BN2O. The Bertz CT molecular complexity index is 2800. The average Bonchev–Trinajstić information content (AvgIpc) is 3.66. The maximum Gasteiger partial charge on any atom is 0.333 e. The van der Waals surface area contributed by atoms with E-state index in [1.165, 1.54) is 83.2 Å². The molecule has 0 fully saturated rings. The zero-order chi connectivity index (χ0) is 31.7. The van der Waals surface area contributed by atoms with Gasteiger partial charge < -0.3 is 13.8 Å². The average molecular weight is 613 g/mol. The van der Waals surface area contributed by atoms with Gasteiger partial charge in [-0.15, -0.1) is 0 Å². The fourth-order valence-electron chi connectivity index (χ4n) is 8.80. The maximum atomic E-state index is 6.86. The van der Waals surface area contributed by atoms with E-state index in [0.717, 1.165) is 21.9 Å². The smallest absolute Gasteiger partial charge is 0.333 e. The Labute approximate surface area is 278 Å². The van der Waals surface area contributed by atoms with Crippen molar-refractivity contribution in [3.63, 3.8) is 0 Å². The Morgan fingerprint density at radius 3 is 2.17 bits per heavy atom. The molecule has 48 heavy (non-hydrogen) atoms. The molecule has 2 aliphatic heterocycles. The maximum absolute atomic E-state index is 6.86. The summed E-state index contributed by atoms with van der Waals surface area (Å²) in [6, 6.07) is 51.3. The fraction of sp³-hybridized carbons (Fsp3) is 0.0455. The van der Waals surface area contributed by atoms with Gasteiger partial charge in [0, 0.05) is 60.8 Å². The fourth-order valence-corrected chi connectivity index (χ4v) is 8.80. The van der Waals surface area contributed by atoms with Crippen LogP contribution in [0.2, 0.25) is 0 Å². The third-order valence-electron chi connectivity index (χ3n) is 10.6. The van der Waals surface area contributed by atoms with Crippen LogP contribution >= 0.6 is 0 Å². The Morgan fingerprint density at radius 1 is 0.562 bits per heavy atom. The molecule has 11 rings (SSSR count). The summed E-state index contributed by atoms with van der Waals surface area (Å²) < 4.78 is 9.47. The van der Waals surface area contributed by atoms with Crippen molar-refractivity contribution in [1.82, 2.24) is 4.48 Å². The Kier molecular flexibility index (Phi) is 5.06. The molecule has 0 bridgehead atoms. The second-order valence-corrected chi connectivity index (χ2v) is 13.5. The molecule has 0 saturated heterocycles. The Morgan fingerprint density at radius 2 is 1.31 bits per heavy atom. The minimum absolute atomic E-state index is 0.0353. The summed E-state index contributed by atoms with van der Waals surface area (Å²) in [5, 5.41) is 4.86. The van der Waals surface area contributed by atoms with E-state index in [-0.39, 0.29) is 6.85 Å². The largest absolute Gasteiger partial charge is 0.455 e. The molecule has 3 nitrogen and oxygen atoms in total. The molecule has 0 N–H and O–H groups in total. The van der Waals surface area contributed by atoms with E-state index in [4.69, 9.17) is 4.42 Å². The van der Waals surface area contributed by atoms with Crippen molar-refractivity contribution in [3.05, 3.63) is 151 Å². The molecule has 224 valence electrons. The third kappa shape index (κ3) is 3.34. The first-order chi connectivity index (χ1) is 23.6. The van der Waals surface area contributed by atoms with Crippen molar-refractivity contribution in [2.45, 2.75) is 13.8 Å². The number of fused-ring (bicyclic) bond motifs is 11. The molecule has 0 aliphatic carbocycles. The molecule has 0 amide bonds. The minimum atomic E-state index is -0.0353. The van der Waals surface area contributed by atoms with E-state index in [9.17, 15) is 0 Å². The lowest BCUT2D eigenvalue weighted by atomic mass is 9.45. The first kappa shape index (κ1) is 26.1. The van der Waals surface area contributed by atoms with Gasteiger partial charge >= 0.3 is 6.85 Å². The molecule has 0 saturated carbocycles. The van der Waals surface area contributed by atoms with Crippen molar-refractivity contribution < 1.29 is 4.42 Å². The van der Waals surface area contributed by atoms with E-state index in [0.29, 0.717) is 0 Å². The Hall–Kier alpha value is -6.00. The lowest BCUT2D eigenvalue weighted by Crippen LogP contribution is -2.56. The molecular weight excluding hydrogens is 583 g/mol. The standard InChI is InChI=1S/C44H29BN2O/c1-26-21-27(2)23-30(22-26)46-38-24-29(28-11-4-3-5-12-28)19-20-36(38)45-42-39(46)25-35-32-14-7-9-18-40(32)48-44(35)41(42)34-16-10-15-33-31-13-6-8-17-37(31)47(45)43(33)34/h3-25H,1-2H3. The second-order valence-electron chi connectivity index (χ2n) is 13.5. The molecule has 2 aromatic heterocycles. The van der Waals surface area contributed by atoms with Gasteiger partial charge in [0.25, 0.3) is 0 Å². The summed E-state index contributed by atoms with van der Waals surface area (Å²) in [5.74, 6) is 0. The van der Waals surface area contributed by atoms with Crippen LogP contribution < -0.4 is 15.8 Å². The zero-order valence-corrected chi connectivity index (χ0v) is 26.7. The predicted molar refractivity (Wildman–Crippen MR) is 202 cm³/mol. The predicted octanol–water partition coefficient (Wildman–Crippen LogP) is 10.4. The topological polar surface area (TPSA) is 21.3 Å². The van der Waals surface area contributed by atoms with Crippen molar-refractivity contribution in [3.8, 4) is 22.3 Å². The van der Waals surface area contributed by atoms with Crippen LogP contribution in [0.4, 0.5) is 17.1 Å². The number of aryl methyl sites for hydroxylation is 2. The molecule has 0 atom stereocenters. The van der Waals surface area contributed by atoms with Gasteiger partial charge in [0.05, 0.1) is 0 Å². The van der Waals surface area contributed by atoms with Crippen LogP contribution in [0.25, 0.3) is 66.0 Å².